The molecule has 0 amide bonds. The topological polar surface area (TPSA) is 26.3 Å². The predicted octanol–water partition coefficient (Wildman–Crippen LogP) is 3.63. The Morgan fingerprint density at radius 2 is 2.11 bits per heavy atom. The zero-order chi connectivity index (χ0) is 13.2. The smallest absolute Gasteiger partial charge is 0.141 e. The Morgan fingerprint density at radius 1 is 1.39 bits per heavy atom. The zero-order valence-electron chi connectivity index (χ0n) is 11.5. The molecule has 0 N–H and O–H groups in total. The van der Waals surface area contributed by atoms with Gasteiger partial charge in [0.15, 0.2) is 0 Å². The Morgan fingerprint density at radius 3 is 2.72 bits per heavy atom. The molecule has 1 aliphatic rings. The molecular weight excluding hydrogens is 224 g/mol. The van der Waals surface area contributed by atoms with Crippen LogP contribution in [-0.4, -0.2) is 12.9 Å². The minimum absolute atomic E-state index is 0.166. The van der Waals surface area contributed by atoms with Gasteiger partial charge >= 0.3 is 0 Å². The van der Waals surface area contributed by atoms with Gasteiger partial charge in [0, 0.05) is 17.9 Å². The number of Topliss-reactive ketones (excluding diaryl/α,β-unsaturated/α-hetero) is 1. The molecule has 0 heterocycles. The molecule has 1 atom stereocenters. The van der Waals surface area contributed by atoms with E-state index in [1.807, 2.05) is 24.3 Å². The lowest BCUT2D eigenvalue weighted by atomic mass is 9.78. The molecule has 1 fully saturated rings. The van der Waals surface area contributed by atoms with Crippen molar-refractivity contribution < 1.29 is 9.53 Å². The fraction of sp³-hybridized carbons (Fsp3) is 0.562. The van der Waals surface area contributed by atoms with Crippen molar-refractivity contribution in [3.8, 4) is 5.75 Å². The third-order valence-electron chi connectivity index (χ3n) is 4.20. The summed E-state index contributed by atoms with van der Waals surface area (Å²) in [6.07, 6.45) is 3.88. The van der Waals surface area contributed by atoms with Crippen LogP contribution in [0.3, 0.4) is 0 Å². The average Bonchev–Trinajstić information content (AvgIpc) is 2.69. The van der Waals surface area contributed by atoms with E-state index in [-0.39, 0.29) is 11.3 Å². The Kier molecular flexibility index (Phi) is 3.74. The molecule has 2 heteroatoms. The average molecular weight is 246 g/mol. The highest BCUT2D eigenvalue weighted by atomic mass is 16.5. The van der Waals surface area contributed by atoms with E-state index < -0.39 is 0 Å². The first-order valence-corrected chi connectivity index (χ1v) is 6.69. The van der Waals surface area contributed by atoms with Crippen LogP contribution >= 0.6 is 0 Å². The van der Waals surface area contributed by atoms with Gasteiger partial charge in [0.05, 0.1) is 7.11 Å². The van der Waals surface area contributed by atoms with Crippen molar-refractivity contribution in [2.45, 2.75) is 39.5 Å². The van der Waals surface area contributed by atoms with Gasteiger partial charge < -0.3 is 4.74 Å². The van der Waals surface area contributed by atoms with Crippen molar-refractivity contribution in [1.82, 2.24) is 0 Å². The molecule has 1 aliphatic carbocycles. The molecule has 0 radical (unpaired) electrons. The highest BCUT2D eigenvalue weighted by Gasteiger charge is 2.38. The largest absolute Gasteiger partial charge is 0.496 e. The summed E-state index contributed by atoms with van der Waals surface area (Å²) in [6.45, 7) is 4.43. The Balaban J connectivity index is 2.12. The zero-order valence-corrected chi connectivity index (χ0v) is 11.5. The van der Waals surface area contributed by atoms with E-state index in [2.05, 4.69) is 13.8 Å². The Labute approximate surface area is 109 Å². The number of carbonyl (C=O) groups is 1. The van der Waals surface area contributed by atoms with Gasteiger partial charge in [-0.3, -0.25) is 4.79 Å². The summed E-state index contributed by atoms with van der Waals surface area (Å²) in [4.78, 5) is 12.4. The van der Waals surface area contributed by atoms with Gasteiger partial charge in [-0.15, -0.1) is 0 Å². The number of methoxy groups -OCH3 is 1. The van der Waals surface area contributed by atoms with Crippen LogP contribution in [0, 0.1) is 11.3 Å². The summed E-state index contributed by atoms with van der Waals surface area (Å²) in [5.74, 6) is 1.39. The molecule has 1 aromatic rings. The molecule has 0 aliphatic heterocycles. The van der Waals surface area contributed by atoms with Crippen LogP contribution in [0.4, 0.5) is 0 Å². The molecule has 0 aromatic heterocycles. The van der Waals surface area contributed by atoms with Gasteiger partial charge in [0.1, 0.15) is 11.5 Å². The van der Waals surface area contributed by atoms with E-state index >= 15 is 0 Å². The quantitative estimate of drug-likeness (QED) is 0.811. The van der Waals surface area contributed by atoms with Crippen molar-refractivity contribution in [1.29, 1.82) is 0 Å². The van der Waals surface area contributed by atoms with Gasteiger partial charge in [-0.2, -0.15) is 0 Å². The van der Waals surface area contributed by atoms with Gasteiger partial charge in [0.2, 0.25) is 0 Å². The number of hydrogen-bond acceptors (Lipinski definition) is 2. The normalized spacial score (nSPS) is 21.8. The maximum atomic E-state index is 12.4. The molecule has 1 unspecified atom stereocenters. The van der Waals surface area contributed by atoms with Gasteiger partial charge in [-0.1, -0.05) is 38.5 Å². The lowest BCUT2D eigenvalue weighted by Crippen LogP contribution is -2.27. The number of para-hydroxylation sites is 1. The van der Waals surface area contributed by atoms with Crippen LogP contribution in [0.25, 0.3) is 0 Å². The first kappa shape index (κ1) is 13.1. The van der Waals surface area contributed by atoms with Gasteiger partial charge in [-0.25, -0.2) is 0 Å². The summed E-state index contributed by atoms with van der Waals surface area (Å²) in [6, 6.07) is 7.80. The molecular formula is C16H22O2. The number of ketones is 1. The molecule has 0 bridgehead atoms. The molecule has 2 rings (SSSR count). The van der Waals surface area contributed by atoms with Crippen LogP contribution in [0.2, 0.25) is 0 Å². The summed E-state index contributed by atoms with van der Waals surface area (Å²) < 4.78 is 5.31. The van der Waals surface area contributed by atoms with E-state index in [0.29, 0.717) is 12.2 Å². The maximum absolute atomic E-state index is 12.4. The molecule has 1 aromatic carbocycles. The summed E-state index contributed by atoms with van der Waals surface area (Å²) in [5, 5.41) is 0. The van der Waals surface area contributed by atoms with Crippen LogP contribution in [-0.2, 0) is 11.2 Å². The highest BCUT2D eigenvalue weighted by molar-refractivity contribution is 5.84. The molecule has 1 saturated carbocycles. The minimum atomic E-state index is 0.166. The van der Waals surface area contributed by atoms with Crippen molar-refractivity contribution in [3.63, 3.8) is 0 Å². The van der Waals surface area contributed by atoms with E-state index in [1.165, 1.54) is 6.42 Å². The maximum Gasteiger partial charge on any atom is 0.141 e. The number of hydrogen-bond donors (Lipinski definition) is 0. The molecule has 18 heavy (non-hydrogen) atoms. The first-order valence-electron chi connectivity index (χ1n) is 6.69. The predicted molar refractivity (Wildman–Crippen MR) is 72.8 cm³/mol. The number of benzene rings is 1. The van der Waals surface area contributed by atoms with Gasteiger partial charge in [0.25, 0.3) is 0 Å². The van der Waals surface area contributed by atoms with E-state index in [4.69, 9.17) is 4.74 Å². The fourth-order valence-corrected chi connectivity index (χ4v) is 3.08. The van der Waals surface area contributed by atoms with Crippen LogP contribution in [0.1, 0.15) is 38.7 Å². The standard InChI is InChI=1S/C16H22O2/c1-16(2)10-6-8-13(16)14(17)11-12-7-4-5-9-15(12)18-3/h4-5,7,9,13H,6,8,10-11H2,1-3H3. The van der Waals surface area contributed by atoms with E-state index in [9.17, 15) is 4.79 Å². The van der Waals surface area contributed by atoms with Crippen molar-refractivity contribution in [2.24, 2.45) is 11.3 Å². The number of ether oxygens (including phenoxy) is 1. The molecule has 0 saturated heterocycles. The Hall–Kier alpha value is -1.31. The van der Waals surface area contributed by atoms with Crippen molar-refractivity contribution in [2.75, 3.05) is 7.11 Å². The van der Waals surface area contributed by atoms with E-state index in [0.717, 1.165) is 24.2 Å². The molecule has 98 valence electrons. The molecule has 2 nitrogen and oxygen atoms in total. The van der Waals surface area contributed by atoms with Crippen molar-refractivity contribution >= 4 is 5.78 Å². The monoisotopic (exact) mass is 246 g/mol. The fourth-order valence-electron chi connectivity index (χ4n) is 3.08. The third-order valence-corrected chi connectivity index (χ3v) is 4.20. The summed E-state index contributed by atoms with van der Waals surface area (Å²) in [5.41, 5.74) is 1.17. The van der Waals surface area contributed by atoms with Gasteiger partial charge in [-0.05, 0) is 24.3 Å². The lowest BCUT2D eigenvalue weighted by molar-refractivity contribution is -0.124. The van der Waals surface area contributed by atoms with E-state index in [1.54, 1.807) is 7.11 Å². The summed E-state index contributed by atoms with van der Waals surface area (Å²) >= 11 is 0. The third kappa shape index (κ3) is 2.58. The number of carbonyl (C=O) groups excluding carboxylic acids is 1. The number of rotatable bonds is 4. The SMILES string of the molecule is COc1ccccc1CC(=O)C1CCCC1(C)C. The first-order chi connectivity index (χ1) is 8.54. The van der Waals surface area contributed by atoms with Crippen LogP contribution in [0.15, 0.2) is 24.3 Å². The van der Waals surface area contributed by atoms with Crippen molar-refractivity contribution in [3.05, 3.63) is 29.8 Å². The summed E-state index contributed by atoms with van der Waals surface area (Å²) in [7, 11) is 1.66. The second-order valence-electron chi connectivity index (χ2n) is 5.89. The molecule has 0 spiro atoms. The second kappa shape index (κ2) is 5.13. The second-order valence-corrected chi connectivity index (χ2v) is 5.89. The van der Waals surface area contributed by atoms with Crippen LogP contribution < -0.4 is 4.74 Å². The minimum Gasteiger partial charge on any atom is -0.496 e. The Bertz CT molecular complexity index is 434. The lowest BCUT2D eigenvalue weighted by Gasteiger charge is -2.25. The highest BCUT2D eigenvalue weighted by Crippen LogP contribution is 2.43. The van der Waals surface area contributed by atoms with Crippen LogP contribution in [0.5, 0.6) is 5.75 Å².